The predicted molar refractivity (Wildman–Crippen MR) is 154 cm³/mol. The van der Waals surface area contributed by atoms with Crippen molar-refractivity contribution in [1.29, 1.82) is 0 Å². The highest BCUT2D eigenvalue weighted by atomic mass is 19.4. The van der Waals surface area contributed by atoms with Crippen LogP contribution in [0.15, 0.2) is 65.8 Å². The summed E-state index contributed by atoms with van der Waals surface area (Å²) < 4.78 is 53.6. The molecule has 0 aliphatic heterocycles. The lowest BCUT2D eigenvalue weighted by molar-refractivity contribution is -0.137. The third-order valence-corrected chi connectivity index (χ3v) is 6.08. The van der Waals surface area contributed by atoms with E-state index in [2.05, 4.69) is 35.8 Å². The van der Waals surface area contributed by atoms with E-state index in [1.807, 2.05) is 0 Å². The number of nitrogens with one attached hydrogen (secondary N) is 3. The lowest BCUT2D eigenvalue weighted by Crippen LogP contribution is -2.14. The number of aryl methyl sites for hydroxylation is 3. The van der Waals surface area contributed by atoms with E-state index in [-0.39, 0.29) is 30.8 Å². The molecule has 4 aromatic rings. The maximum absolute atomic E-state index is 14.6. The number of hydrogen-bond acceptors (Lipinski definition) is 8. The number of carbonyl (C=O) groups excluding carboxylic acids is 1. The van der Waals surface area contributed by atoms with Crippen molar-refractivity contribution in [3.63, 3.8) is 0 Å². The summed E-state index contributed by atoms with van der Waals surface area (Å²) in [5.41, 5.74) is 6.89. The Bertz CT molecular complexity index is 1650. The number of rotatable bonds is 11. The number of allylic oxidation sites excluding steroid dienone is 1. The first-order chi connectivity index (χ1) is 20.5. The Morgan fingerprint density at radius 1 is 1.09 bits per heavy atom. The number of aliphatic hydroxyl groups is 1. The van der Waals surface area contributed by atoms with Crippen molar-refractivity contribution in [3.05, 3.63) is 101 Å². The van der Waals surface area contributed by atoms with E-state index in [9.17, 15) is 22.4 Å². The molecule has 0 saturated heterocycles. The average molecular weight is 597 g/mol. The highest BCUT2D eigenvalue weighted by molar-refractivity contribution is 6.09. The number of nitrogens with two attached hydrogens (primary N) is 1. The fraction of sp³-hybridized carbons (Fsp3) is 0.207. The molecular formula is C29H28F4N8O2. The van der Waals surface area contributed by atoms with Crippen LogP contribution < -0.4 is 16.4 Å². The van der Waals surface area contributed by atoms with Crippen LogP contribution in [0.2, 0.25) is 0 Å². The van der Waals surface area contributed by atoms with Gasteiger partial charge in [0.15, 0.2) is 5.82 Å². The molecule has 0 bridgehead atoms. The van der Waals surface area contributed by atoms with Gasteiger partial charge in [-0.1, -0.05) is 6.07 Å². The third kappa shape index (κ3) is 8.45. The minimum absolute atomic E-state index is 0.0939. The van der Waals surface area contributed by atoms with Gasteiger partial charge in [-0.3, -0.25) is 14.9 Å². The normalized spacial score (nSPS) is 12.1. The summed E-state index contributed by atoms with van der Waals surface area (Å²) in [5, 5.41) is 21.6. The van der Waals surface area contributed by atoms with Crippen molar-refractivity contribution < 1.29 is 27.5 Å². The van der Waals surface area contributed by atoms with Crippen molar-refractivity contribution >= 4 is 35.0 Å². The van der Waals surface area contributed by atoms with Gasteiger partial charge in [-0.15, -0.1) is 0 Å². The molecule has 1 amide bonds. The van der Waals surface area contributed by atoms with Gasteiger partial charge in [0.05, 0.1) is 24.4 Å². The lowest BCUT2D eigenvalue weighted by Gasteiger charge is -2.11. The van der Waals surface area contributed by atoms with Gasteiger partial charge in [-0.05, 0) is 61.7 Å². The van der Waals surface area contributed by atoms with E-state index in [0.717, 1.165) is 18.2 Å². The van der Waals surface area contributed by atoms with Crippen LogP contribution in [0.25, 0.3) is 5.57 Å². The summed E-state index contributed by atoms with van der Waals surface area (Å²) in [4.78, 5) is 25.4. The number of anilines is 3. The van der Waals surface area contributed by atoms with E-state index in [0.29, 0.717) is 46.4 Å². The van der Waals surface area contributed by atoms with Crippen LogP contribution in [0.3, 0.4) is 0 Å². The van der Waals surface area contributed by atoms with Gasteiger partial charge in [0.2, 0.25) is 0 Å². The van der Waals surface area contributed by atoms with Crippen LogP contribution in [0.5, 0.6) is 0 Å². The summed E-state index contributed by atoms with van der Waals surface area (Å²) in [7, 11) is 0. The zero-order chi connectivity index (χ0) is 31.0. The Labute approximate surface area is 243 Å². The highest BCUT2D eigenvalue weighted by Crippen LogP contribution is 2.30. The molecule has 2 heterocycles. The van der Waals surface area contributed by atoms with Gasteiger partial charge in [-0.2, -0.15) is 18.3 Å². The zero-order valence-electron chi connectivity index (χ0n) is 22.9. The molecule has 43 heavy (non-hydrogen) atoms. The molecule has 224 valence electrons. The third-order valence-electron chi connectivity index (χ3n) is 6.08. The number of aliphatic hydroxyl groups excluding tert-OH is 1. The van der Waals surface area contributed by atoms with Crippen LogP contribution in [0.4, 0.5) is 34.9 Å². The maximum Gasteiger partial charge on any atom is 0.416 e. The van der Waals surface area contributed by atoms with Gasteiger partial charge in [-0.25, -0.2) is 14.4 Å². The number of halogens is 4. The standard InChI is InChI=1S/C29H28F4N8O2/c1-17-36-25(20(15-34)16-35-9-10-42)14-26(37-17)39-27-13-23(40-41-27)6-5-18-12-22(7-8-24(18)30)38-28(43)19-3-2-4-21(11-19)29(31,32)33/h2-4,7-8,11-16,42H,5-6,9-10,34H2,1H3,(H,38,43)(H2,36,37,39,40,41)/b20-15+,35-16?. The molecule has 14 heteroatoms. The second-order valence-corrected chi connectivity index (χ2v) is 9.31. The van der Waals surface area contributed by atoms with Gasteiger partial charge in [0.25, 0.3) is 5.91 Å². The molecule has 6 N–H and O–H groups in total. The van der Waals surface area contributed by atoms with Gasteiger partial charge in [0.1, 0.15) is 17.5 Å². The number of carbonyl (C=O) groups is 1. The SMILES string of the molecule is Cc1nc(Nc2cc(CCc3cc(NC(=O)c4cccc(C(F)(F)F)c4)ccc3F)[nH]n2)cc(/C(C=NCCO)=C/N)n1. The van der Waals surface area contributed by atoms with Gasteiger partial charge >= 0.3 is 6.18 Å². The summed E-state index contributed by atoms with van der Waals surface area (Å²) in [5.74, 6) is 0.133. The zero-order valence-corrected chi connectivity index (χ0v) is 22.9. The van der Waals surface area contributed by atoms with E-state index in [4.69, 9.17) is 10.8 Å². The van der Waals surface area contributed by atoms with Crippen molar-refractivity contribution in [1.82, 2.24) is 20.2 Å². The molecule has 2 aromatic carbocycles. The number of hydrogen-bond donors (Lipinski definition) is 5. The maximum atomic E-state index is 14.6. The quantitative estimate of drug-likeness (QED) is 0.123. The molecule has 4 rings (SSSR count). The smallest absolute Gasteiger partial charge is 0.404 e. The molecule has 0 aliphatic carbocycles. The summed E-state index contributed by atoms with van der Waals surface area (Å²) in [6.07, 6.45) is -1.11. The minimum atomic E-state index is -4.58. The first-order valence-corrected chi connectivity index (χ1v) is 13.0. The Hall–Kier alpha value is -5.11. The molecule has 0 radical (unpaired) electrons. The summed E-state index contributed by atoms with van der Waals surface area (Å²) in [6, 6.07) is 11.4. The Morgan fingerprint density at radius 3 is 2.65 bits per heavy atom. The second-order valence-electron chi connectivity index (χ2n) is 9.31. The number of nitrogens with zero attached hydrogens (tertiary/aromatic N) is 4. The average Bonchev–Trinajstić information content (AvgIpc) is 3.42. The monoisotopic (exact) mass is 596 g/mol. The number of aromatic amines is 1. The first-order valence-electron chi connectivity index (χ1n) is 13.0. The Kier molecular flexibility index (Phi) is 9.83. The minimum Gasteiger partial charge on any atom is -0.404 e. The lowest BCUT2D eigenvalue weighted by atomic mass is 10.1. The molecule has 0 saturated carbocycles. The van der Waals surface area contributed by atoms with Crippen molar-refractivity contribution in [2.45, 2.75) is 25.9 Å². The summed E-state index contributed by atoms with van der Waals surface area (Å²) in [6.45, 7) is 1.85. The summed E-state index contributed by atoms with van der Waals surface area (Å²) >= 11 is 0. The van der Waals surface area contributed by atoms with Crippen LogP contribution in [0, 0.1) is 12.7 Å². The number of alkyl halides is 3. The van der Waals surface area contributed by atoms with Crippen LogP contribution in [-0.4, -0.2) is 50.5 Å². The van der Waals surface area contributed by atoms with Gasteiger partial charge < -0.3 is 21.5 Å². The van der Waals surface area contributed by atoms with E-state index >= 15 is 0 Å². The van der Waals surface area contributed by atoms with E-state index in [1.165, 1.54) is 36.7 Å². The molecule has 2 aromatic heterocycles. The van der Waals surface area contributed by atoms with E-state index < -0.39 is 23.5 Å². The number of amides is 1. The van der Waals surface area contributed by atoms with Crippen LogP contribution >= 0.6 is 0 Å². The highest BCUT2D eigenvalue weighted by Gasteiger charge is 2.31. The Morgan fingerprint density at radius 2 is 1.91 bits per heavy atom. The van der Waals surface area contributed by atoms with Gasteiger partial charge in [0, 0.05) is 47.1 Å². The first kappa shape index (κ1) is 30.8. The largest absolute Gasteiger partial charge is 0.416 e. The second kappa shape index (κ2) is 13.7. The molecule has 0 aliphatic rings. The van der Waals surface area contributed by atoms with Crippen molar-refractivity contribution in [3.8, 4) is 0 Å². The number of aromatic nitrogens is 4. The number of H-pyrrole nitrogens is 1. The molecule has 10 nitrogen and oxygen atoms in total. The molecule has 0 unspecified atom stereocenters. The van der Waals surface area contributed by atoms with Crippen molar-refractivity contribution in [2.75, 3.05) is 23.8 Å². The Balaban J connectivity index is 1.40. The predicted octanol–water partition coefficient (Wildman–Crippen LogP) is 4.81. The molecule has 0 atom stereocenters. The fourth-order valence-corrected chi connectivity index (χ4v) is 4.03. The topological polar surface area (TPSA) is 154 Å². The molecule has 0 fully saturated rings. The van der Waals surface area contributed by atoms with Crippen LogP contribution in [-0.2, 0) is 19.0 Å². The molecule has 0 spiro atoms. The molecular weight excluding hydrogens is 568 g/mol. The van der Waals surface area contributed by atoms with E-state index in [1.54, 1.807) is 19.1 Å². The number of aliphatic imine (C=N–C) groups is 1. The van der Waals surface area contributed by atoms with Crippen LogP contribution in [0.1, 0.15) is 38.7 Å². The number of benzene rings is 2. The fourth-order valence-electron chi connectivity index (χ4n) is 4.03. The van der Waals surface area contributed by atoms with Crippen molar-refractivity contribution in [2.24, 2.45) is 10.7 Å².